The van der Waals surface area contributed by atoms with Gasteiger partial charge in [0.1, 0.15) is 0 Å². The third kappa shape index (κ3) is 1.75. The highest BCUT2D eigenvalue weighted by molar-refractivity contribution is 7.99. The van der Waals surface area contributed by atoms with Gasteiger partial charge >= 0.3 is 0 Å². The average molecular weight is 204 g/mol. The molecule has 0 fully saturated rings. The first-order chi connectivity index (χ1) is 6.81. The molecule has 0 radical (unpaired) electrons. The van der Waals surface area contributed by atoms with Gasteiger partial charge in [-0.1, -0.05) is 25.1 Å². The Hall–Kier alpha value is -1.02. The van der Waals surface area contributed by atoms with Crippen LogP contribution in [0.1, 0.15) is 18.9 Å². The van der Waals surface area contributed by atoms with E-state index >= 15 is 0 Å². The molecule has 1 nitrogen and oxygen atoms in total. The first-order valence-corrected chi connectivity index (χ1v) is 5.75. The minimum Gasteiger partial charge on any atom is -0.295 e. The Morgan fingerprint density at radius 2 is 2.21 bits per heavy atom. The van der Waals surface area contributed by atoms with Crippen LogP contribution >= 0.6 is 11.8 Å². The van der Waals surface area contributed by atoms with Crippen LogP contribution in [0.4, 0.5) is 0 Å². The van der Waals surface area contributed by atoms with Crippen molar-refractivity contribution in [3.8, 4) is 0 Å². The van der Waals surface area contributed by atoms with Crippen molar-refractivity contribution in [2.24, 2.45) is 0 Å². The molecule has 0 bridgehead atoms. The second kappa shape index (κ2) is 4.01. The molecule has 72 valence electrons. The van der Waals surface area contributed by atoms with E-state index in [0.717, 1.165) is 11.3 Å². The summed E-state index contributed by atoms with van der Waals surface area (Å²) in [6.07, 6.45) is 2.63. The van der Waals surface area contributed by atoms with E-state index < -0.39 is 0 Å². The fraction of sp³-hybridized carbons (Fsp3) is 0.250. The molecule has 0 saturated carbocycles. The molecular weight excluding hydrogens is 192 g/mol. The Morgan fingerprint density at radius 3 is 3.00 bits per heavy atom. The van der Waals surface area contributed by atoms with Gasteiger partial charge in [0.2, 0.25) is 0 Å². The summed E-state index contributed by atoms with van der Waals surface area (Å²) in [5.41, 5.74) is 2.14. The molecule has 14 heavy (non-hydrogen) atoms. The predicted octanol–water partition coefficient (Wildman–Crippen LogP) is 3.15. The van der Waals surface area contributed by atoms with Crippen LogP contribution in [-0.2, 0) is 4.79 Å². The topological polar surface area (TPSA) is 17.1 Å². The number of hydrogen-bond donors (Lipinski definition) is 0. The van der Waals surface area contributed by atoms with Crippen molar-refractivity contribution in [3.63, 3.8) is 0 Å². The Balaban J connectivity index is 2.36. The third-order valence-electron chi connectivity index (χ3n) is 2.31. The number of hydrogen-bond acceptors (Lipinski definition) is 2. The lowest BCUT2D eigenvalue weighted by atomic mass is 10.1. The third-order valence-corrected chi connectivity index (χ3v) is 3.45. The number of ketones is 1. The second-order valence-corrected chi connectivity index (χ2v) is 4.29. The van der Waals surface area contributed by atoms with E-state index in [9.17, 15) is 4.79 Å². The molecule has 0 spiro atoms. The van der Waals surface area contributed by atoms with Crippen LogP contribution in [0.3, 0.4) is 0 Å². The summed E-state index contributed by atoms with van der Waals surface area (Å²) < 4.78 is 0. The maximum Gasteiger partial charge on any atom is 0.159 e. The van der Waals surface area contributed by atoms with Gasteiger partial charge in [-0.15, -0.1) is 11.8 Å². The maximum absolute atomic E-state index is 11.5. The molecule has 2 heteroatoms. The van der Waals surface area contributed by atoms with E-state index in [1.807, 2.05) is 25.1 Å². The van der Waals surface area contributed by atoms with E-state index in [2.05, 4.69) is 12.1 Å². The monoisotopic (exact) mass is 204 g/mol. The number of thioether (sulfide) groups is 1. The van der Waals surface area contributed by atoms with E-state index in [-0.39, 0.29) is 5.78 Å². The number of carbonyl (C=O) groups is 1. The lowest BCUT2D eigenvalue weighted by Crippen LogP contribution is -2.06. The molecule has 1 aliphatic rings. The highest BCUT2D eigenvalue weighted by Crippen LogP contribution is 2.31. The van der Waals surface area contributed by atoms with Crippen molar-refractivity contribution in [3.05, 3.63) is 35.4 Å². The summed E-state index contributed by atoms with van der Waals surface area (Å²) in [5.74, 6) is 1.09. The number of Topliss-reactive ketones (excluding diaryl/α,β-unsaturated/α-hetero) is 1. The van der Waals surface area contributed by atoms with Crippen LogP contribution in [0.25, 0.3) is 6.08 Å². The molecule has 0 N–H and O–H groups in total. The van der Waals surface area contributed by atoms with E-state index in [4.69, 9.17) is 0 Å². The minimum atomic E-state index is 0.270. The standard InChI is InChI=1S/C12H12OS/c1-2-11(13)10-7-9-5-3-4-6-12(9)14-8-10/h3-7H,2,8H2,1H3. The summed E-state index contributed by atoms with van der Waals surface area (Å²) >= 11 is 1.75. The van der Waals surface area contributed by atoms with Crippen LogP contribution in [0, 0.1) is 0 Å². The first kappa shape index (κ1) is 9.53. The van der Waals surface area contributed by atoms with Crippen molar-refractivity contribution in [2.75, 3.05) is 5.75 Å². The van der Waals surface area contributed by atoms with E-state index in [1.54, 1.807) is 11.8 Å². The lowest BCUT2D eigenvalue weighted by Gasteiger charge is -2.14. The van der Waals surface area contributed by atoms with Gasteiger partial charge in [-0.25, -0.2) is 0 Å². The normalized spacial score (nSPS) is 14.5. The largest absolute Gasteiger partial charge is 0.295 e. The molecule has 0 atom stereocenters. The highest BCUT2D eigenvalue weighted by atomic mass is 32.2. The fourth-order valence-electron chi connectivity index (χ4n) is 1.50. The highest BCUT2D eigenvalue weighted by Gasteiger charge is 2.14. The van der Waals surface area contributed by atoms with E-state index in [0.29, 0.717) is 6.42 Å². The van der Waals surface area contributed by atoms with Gasteiger partial charge in [-0.05, 0) is 17.7 Å². The lowest BCUT2D eigenvalue weighted by molar-refractivity contribution is -0.115. The number of rotatable bonds is 2. The number of benzene rings is 1. The molecule has 1 aromatic rings. The molecule has 1 heterocycles. The number of carbonyl (C=O) groups excluding carboxylic acids is 1. The zero-order valence-electron chi connectivity index (χ0n) is 8.12. The molecule has 0 unspecified atom stereocenters. The van der Waals surface area contributed by atoms with Gasteiger partial charge in [-0.2, -0.15) is 0 Å². The minimum absolute atomic E-state index is 0.270. The van der Waals surface area contributed by atoms with Crippen molar-refractivity contribution in [1.29, 1.82) is 0 Å². The Bertz CT molecular complexity index is 393. The van der Waals surface area contributed by atoms with Gasteiger partial charge in [0, 0.05) is 22.6 Å². The van der Waals surface area contributed by atoms with Crippen molar-refractivity contribution >= 4 is 23.6 Å². The molecule has 1 aliphatic heterocycles. The molecule has 0 amide bonds. The van der Waals surface area contributed by atoms with Crippen LogP contribution < -0.4 is 0 Å². The SMILES string of the molecule is CCC(=O)C1=Cc2ccccc2SC1. The summed E-state index contributed by atoms with van der Waals surface area (Å²) in [5, 5.41) is 0. The van der Waals surface area contributed by atoms with Crippen LogP contribution in [0.5, 0.6) is 0 Å². The van der Waals surface area contributed by atoms with Gasteiger partial charge in [-0.3, -0.25) is 4.79 Å². The Morgan fingerprint density at radius 1 is 1.43 bits per heavy atom. The second-order valence-electron chi connectivity index (χ2n) is 3.27. The molecule has 0 saturated heterocycles. The number of fused-ring (bicyclic) bond motifs is 1. The predicted molar refractivity (Wildman–Crippen MR) is 60.4 cm³/mol. The van der Waals surface area contributed by atoms with Gasteiger partial charge in [0.25, 0.3) is 0 Å². The van der Waals surface area contributed by atoms with Crippen LogP contribution in [0.15, 0.2) is 34.7 Å². The van der Waals surface area contributed by atoms with Crippen molar-refractivity contribution < 1.29 is 4.79 Å². The Kier molecular flexibility index (Phi) is 2.73. The maximum atomic E-state index is 11.5. The summed E-state index contributed by atoms with van der Waals surface area (Å²) in [7, 11) is 0. The van der Waals surface area contributed by atoms with Crippen LogP contribution in [0.2, 0.25) is 0 Å². The van der Waals surface area contributed by atoms with E-state index in [1.165, 1.54) is 10.5 Å². The molecule has 2 rings (SSSR count). The zero-order chi connectivity index (χ0) is 9.97. The summed E-state index contributed by atoms with van der Waals surface area (Å²) in [4.78, 5) is 12.8. The fourth-order valence-corrected chi connectivity index (χ4v) is 2.53. The first-order valence-electron chi connectivity index (χ1n) is 4.77. The van der Waals surface area contributed by atoms with Crippen molar-refractivity contribution in [2.45, 2.75) is 18.2 Å². The van der Waals surface area contributed by atoms with Gasteiger partial charge < -0.3 is 0 Å². The summed E-state index contributed by atoms with van der Waals surface area (Å²) in [6.45, 7) is 1.91. The van der Waals surface area contributed by atoms with Crippen LogP contribution in [-0.4, -0.2) is 11.5 Å². The zero-order valence-corrected chi connectivity index (χ0v) is 8.93. The van der Waals surface area contributed by atoms with Gasteiger partial charge in [0.05, 0.1) is 0 Å². The van der Waals surface area contributed by atoms with Gasteiger partial charge in [0.15, 0.2) is 5.78 Å². The molecule has 0 aliphatic carbocycles. The molecule has 1 aromatic carbocycles. The molecular formula is C12H12OS. The smallest absolute Gasteiger partial charge is 0.159 e. The van der Waals surface area contributed by atoms with Crippen molar-refractivity contribution in [1.82, 2.24) is 0 Å². The average Bonchev–Trinajstić information content (AvgIpc) is 2.27. The Labute approximate surface area is 88.2 Å². The quantitative estimate of drug-likeness (QED) is 0.736. The summed E-state index contributed by atoms with van der Waals surface area (Å²) in [6, 6.07) is 8.20. The molecule has 0 aromatic heterocycles.